The van der Waals surface area contributed by atoms with E-state index in [1.54, 1.807) is 32.2 Å². The van der Waals surface area contributed by atoms with Gasteiger partial charge in [-0.15, -0.1) is 0 Å². The molecule has 1 unspecified atom stereocenters. The molecule has 5 nitrogen and oxygen atoms in total. The molecule has 0 saturated carbocycles. The van der Waals surface area contributed by atoms with Crippen molar-refractivity contribution in [2.75, 3.05) is 13.7 Å². The Morgan fingerprint density at radius 3 is 2.37 bits per heavy atom. The third kappa shape index (κ3) is 6.46. The predicted octanol–water partition coefficient (Wildman–Crippen LogP) is 4.22. The maximum absolute atomic E-state index is 14.2. The Hall–Kier alpha value is -2.60. The molecule has 0 aromatic heterocycles. The second kappa shape index (κ2) is 11.0. The molecule has 0 heterocycles. The van der Waals surface area contributed by atoms with Crippen molar-refractivity contribution in [3.63, 3.8) is 0 Å². The minimum atomic E-state index is -0.732. The first kappa shape index (κ1) is 23.7. The van der Waals surface area contributed by atoms with Gasteiger partial charge in [-0.2, -0.15) is 0 Å². The predicted molar refractivity (Wildman–Crippen MR) is 116 cm³/mol. The largest absolute Gasteiger partial charge is 0.497 e. The van der Waals surface area contributed by atoms with Crippen molar-refractivity contribution < 1.29 is 18.7 Å². The summed E-state index contributed by atoms with van der Waals surface area (Å²) in [5.41, 5.74) is 0.950. The molecule has 0 spiro atoms. The van der Waals surface area contributed by atoms with Gasteiger partial charge in [0.2, 0.25) is 11.8 Å². The van der Waals surface area contributed by atoms with Crippen LogP contribution in [0.25, 0.3) is 0 Å². The fourth-order valence-corrected chi connectivity index (χ4v) is 3.15. The van der Waals surface area contributed by atoms with Crippen molar-refractivity contribution >= 4 is 23.4 Å². The first-order valence-electron chi connectivity index (χ1n) is 9.86. The van der Waals surface area contributed by atoms with Crippen molar-refractivity contribution in [2.24, 2.45) is 5.92 Å². The number of hydrogen-bond acceptors (Lipinski definition) is 3. The lowest BCUT2D eigenvalue weighted by molar-refractivity contribution is -0.140. The summed E-state index contributed by atoms with van der Waals surface area (Å²) >= 11 is 6.09. The van der Waals surface area contributed by atoms with Crippen LogP contribution in [0.15, 0.2) is 42.5 Å². The molecular formula is C23H28ClFN2O3. The Labute approximate surface area is 182 Å². The summed E-state index contributed by atoms with van der Waals surface area (Å²) < 4.78 is 19.4. The second-order valence-corrected chi connectivity index (χ2v) is 7.97. The quantitative estimate of drug-likeness (QED) is 0.642. The van der Waals surface area contributed by atoms with Crippen molar-refractivity contribution in [3.05, 3.63) is 64.4 Å². The Morgan fingerprint density at radius 2 is 1.80 bits per heavy atom. The fourth-order valence-electron chi connectivity index (χ4n) is 2.92. The minimum Gasteiger partial charge on any atom is -0.497 e. The molecule has 0 saturated heterocycles. The fraction of sp³-hybridized carbons (Fsp3) is 0.391. The molecule has 0 radical (unpaired) electrons. The summed E-state index contributed by atoms with van der Waals surface area (Å²) in [5, 5.41) is 3.04. The summed E-state index contributed by atoms with van der Waals surface area (Å²) in [6.07, 6.45) is -0.233. The Morgan fingerprint density at radius 1 is 1.13 bits per heavy atom. The first-order chi connectivity index (χ1) is 14.2. The van der Waals surface area contributed by atoms with Crippen LogP contribution in [0, 0.1) is 11.7 Å². The average molecular weight is 435 g/mol. The van der Waals surface area contributed by atoms with Crippen molar-refractivity contribution in [1.29, 1.82) is 0 Å². The van der Waals surface area contributed by atoms with Crippen LogP contribution in [0.5, 0.6) is 5.75 Å². The number of methoxy groups -OCH3 is 1. The lowest BCUT2D eigenvalue weighted by atomic mass is 10.1. The van der Waals surface area contributed by atoms with Gasteiger partial charge in [0.05, 0.1) is 13.5 Å². The molecule has 0 aliphatic rings. The van der Waals surface area contributed by atoms with Gasteiger partial charge in [0.15, 0.2) is 0 Å². The summed E-state index contributed by atoms with van der Waals surface area (Å²) in [7, 11) is 1.57. The number of nitrogens with one attached hydrogen (secondary N) is 1. The number of amides is 2. The van der Waals surface area contributed by atoms with Gasteiger partial charge >= 0.3 is 0 Å². The maximum Gasteiger partial charge on any atom is 0.242 e. The summed E-state index contributed by atoms with van der Waals surface area (Å²) in [4.78, 5) is 27.2. The third-order valence-electron chi connectivity index (χ3n) is 4.75. The monoisotopic (exact) mass is 434 g/mol. The van der Waals surface area contributed by atoms with Gasteiger partial charge in [0.1, 0.15) is 17.6 Å². The molecule has 0 aliphatic carbocycles. The first-order valence-corrected chi connectivity index (χ1v) is 10.2. The number of halogens is 2. The third-order valence-corrected chi connectivity index (χ3v) is 5.11. The van der Waals surface area contributed by atoms with Crippen molar-refractivity contribution in [3.8, 4) is 5.75 Å². The zero-order valence-corrected chi connectivity index (χ0v) is 18.5. The zero-order chi connectivity index (χ0) is 22.3. The standard InChI is InChI=1S/C23H28ClFN2O3/c1-15(2)13-26-23(29)16(3)27(14-17-8-10-18(30-4)11-9-17)22(28)12-19-20(24)6-5-7-21(19)25/h5-11,15-16H,12-14H2,1-4H3,(H,26,29). The molecule has 0 bridgehead atoms. The van der Waals surface area contributed by atoms with Gasteiger partial charge in [-0.05, 0) is 42.7 Å². The molecular weight excluding hydrogens is 407 g/mol. The van der Waals surface area contributed by atoms with Crippen LogP contribution >= 0.6 is 11.6 Å². The van der Waals surface area contributed by atoms with Crippen molar-refractivity contribution in [1.82, 2.24) is 10.2 Å². The van der Waals surface area contributed by atoms with Crippen LogP contribution in [0.2, 0.25) is 5.02 Å². The van der Waals surface area contributed by atoms with E-state index in [9.17, 15) is 14.0 Å². The number of benzene rings is 2. The summed E-state index contributed by atoms with van der Waals surface area (Å²) in [6.45, 7) is 6.36. The number of carbonyl (C=O) groups excluding carboxylic acids is 2. The van der Waals surface area contributed by atoms with Gasteiger partial charge in [0, 0.05) is 23.7 Å². The molecule has 1 N–H and O–H groups in total. The van der Waals surface area contributed by atoms with Crippen LogP contribution < -0.4 is 10.1 Å². The van der Waals surface area contributed by atoms with E-state index in [1.807, 2.05) is 26.0 Å². The van der Waals surface area contributed by atoms with E-state index >= 15 is 0 Å². The van der Waals surface area contributed by atoms with E-state index in [0.29, 0.717) is 12.3 Å². The van der Waals surface area contributed by atoms with Gasteiger partial charge in [-0.3, -0.25) is 9.59 Å². The highest BCUT2D eigenvalue weighted by Crippen LogP contribution is 2.22. The molecule has 2 rings (SSSR count). The average Bonchev–Trinajstić information content (AvgIpc) is 2.72. The Balaban J connectivity index is 2.26. The van der Waals surface area contributed by atoms with Crippen LogP contribution in [0.4, 0.5) is 4.39 Å². The smallest absolute Gasteiger partial charge is 0.242 e. The lowest BCUT2D eigenvalue weighted by Crippen LogP contribution is -2.48. The highest BCUT2D eigenvalue weighted by atomic mass is 35.5. The maximum atomic E-state index is 14.2. The molecule has 162 valence electrons. The van der Waals surface area contributed by atoms with Gasteiger partial charge < -0.3 is 15.0 Å². The van der Waals surface area contributed by atoms with Crippen LogP contribution in [0.1, 0.15) is 31.9 Å². The summed E-state index contributed by atoms with van der Waals surface area (Å²) in [6, 6.07) is 10.8. The number of ether oxygens (including phenoxy) is 1. The lowest BCUT2D eigenvalue weighted by Gasteiger charge is -2.29. The molecule has 0 fully saturated rings. The van der Waals surface area contributed by atoms with Crippen LogP contribution in [0.3, 0.4) is 0 Å². The van der Waals surface area contributed by atoms with Crippen LogP contribution in [-0.2, 0) is 22.6 Å². The Kier molecular flexibility index (Phi) is 8.66. The van der Waals surface area contributed by atoms with Crippen LogP contribution in [-0.4, -0.2) is 36.4 Å². The molecule has 7 heteroatoms. The van der Waals surface area contributed by atoms with Gasteiger partial charge in [-0.25, -0.2) is 4.39 Å². The molecule has 0 aliphatic heterocycles. The van der Waals surface area contributed by atoms with E-state index in [1.165, 1.54) is 17.0 Å². The minimum absolute atomic E-state index is 0.124. The van der Waals surface area contributed by atoms with Gasteiger partial charge in [-0.1, -0.05) is 43.6 Å². The molecule has 1 atom stereocenters. The Bertz CT molecular complexity index is 851. The van der Waals surface area contributed by atoms with E-state index in [-0.39, 0.29) is 41.3 Å². The highest BCUT2D eigenvalue weighted by molar-refractivity contribution is 6.31. The topological polar surface area (TPSA) is 58.6 Å². The highest BCUT2D eigenvalue weighted by Gasteiger charge is 2.27. The summed E-state index contributed by atoms with van der Waals surface area (Å²) in [5.74, 6) is -0.214. The zero-order valence-electron chi connectivity index (χ0n) is 17.7. The van der Waals surface area contributed by atoms with Crippen molar-refractivity contribution in [2.45, 2.75) is 39.8 Å². The number of nitrogens with zero attached hydrogens (tertiary/aromatic N) is 1. The van der Waals surface area contributed by atoms with E-state index in [0.717, 1.165) is 5.56 Å². The molecule has 2 aromatic carbocycles. The van der Waals surface area contributed by atoms with E-state index < -0.39 is 11.9 Å². The number of hydrogen-bond donors (Lipinski definition) is 1. The molecule has 2 amide bonds. The van der Waals surface area contributed by atoms with Gasteiger partial charge in [0.25, 0.3) is 0 Å². The van der Waals surface area contributed by atoms with E-state index in [2.05, 4.69) is 5.32 Å². The molecule has 30 heavy (non-hydrogen) atoms. The normalized spacial score (nSPS) is 11.8. The second-order valence-electron chi connectivity index (χ2n) is 7.56. The molecule has 2 aromatic rings. The van der Waals surface area contributed by atoms with E-state index in [4.69, 9.17) is 16.3 Å². The number of rotatable bonds is 9. The number of carbonyl (C=O) groups is 2. The SMILES string of the molecule is COc1ccc(CN(C(=O)Cc2c(F)cccc2Cl)C(C)C(=O)NCC(C)C)cc1.